The maximum Gasteiger partial charge on any atom is 0.425 e. The number of allylic oxidation sites excluding steroid dienone is 1. The molecule has 3 aromatic carbocycles. The van der Waals surface area contributed by atoms with E-state index < -0.39 is 17.1 Å². The molecule has 14 heteroatoms. The number of amides is 2. The molecule has 3 heterocycles. The number of ether oxygens (including phenoxy) is 2. The summed E-state index contributed by atoms with van der Waals surface area (Å²) < 4.78 is 58.0. The number of nitrogens with zero attached hydrogens (tertiary/aromatic N) is 6. The van der Waals surface area contributed by atoms with Crippen molar-refractivity contribution in [1.82, 2.24) is 20.1 Å². The lowest BCUT2D eigenvalue weighted by Gasteiger charge is -2.44. The minimum atomic E-state index is -5.00. The number of urea groups is 1. The monoisotopic (exact) mass is 633 g/mol. The van der Waals surface area contributed by atoms with Crippen LogP contribution in [0.25, 0.3) is 11.3 Å². The van der Waals surface area contributed by atoms with Gasteiger partial charge in [-0.05, 0) is 42.0 Å². The highest BCUT2D eigenvalue weighted by atomic mass is 32.2. The number of nitriles is 1. The van der Waals surface area contributed by atoms with Gasteiger partial charge < -0.3 is 19.7 Å². The quantitative estimate of drug-likeness (QED) is 0.270. The molecule has 230 valence electrons. The van der Waals surface area contributed by atoms with E-state index in [1.54, 1.807) is 59.2 Å². The average Bonchev–Trinajstić information content (AvgIpc) is 3.50. The zero-order valence-corrected chi connectivity index (χ0v) is 24.7. The third-order valence-electron chi connectivity index (χ3n) is 7.35. The Morgan fingerprint density at radius 2 is 1.60 bits per heavy atom. The molecule has 2 saturated heterocycles. The number of hydrogen-bond acceptors (Lipinski definition) is 8. The molecule has 0 bridgehead atoms. The number of halogens is 3. The highest BCUT2D eigenvalue weighted by Crippen LogP contribution is 2.55. The molecular weight excluding hydrogens is 607 g/mol. The van der Waals surface area contributed by atoms with Gasteiger partial charge in [0.15, 0.2) is 5.82 Å². The fourth-order valence-corrected chi connectivity index (χ4v) is 6.47. The number of benzene rings is 3. The summed E-state index contributed by atoms with van der Waals surface area (Å²) in [5, 5.41) is 21.4. The van der Waals surface area contributed by atoms with Crippen LogP contribution in [-0.2, 0) is 9.61 Å². The molecule has 1 aromatic heterocycles. The van der Waals surface area contributed by atoms with E-state index >= 15 is 13.2 Å². The summed E-state index contributed by atoms with van der Waals surface area (Å²) in [5.74, 6) is 0.713. The summed E-state index contributed by atoms with van der Waals surface area (Å²) in [6, 6.07) is 23.4. The van der Waals surface area contributed by atoms with Gasteiger partial charge in [0.25, 0.3) is 0 Å². The van der Waals surface area contributed by atoms with Crippen LogP contribution < -0.4 is 19.9 Å². The lowest BCUT2D eigenvalue weighted by Crippen LogP contribution is -2.61. The highest BCUT2D eigenvalue weighted by Gasteiger charge is 2.62. The Hall–Kier alpha value is -5.00. The van der Waals surface area contributed by atoms with E-state index in [2.05, 4.69) is 21.6 Å². The normalized spacial score (nSPS) is 19.9. The van der Waals surface area contributed by atoms with Crippen LogP contribution in [0.2, 0.25) is 0 Å². The summed E-state index contributed by atoms with van der Waals surface area (Å²) >= 11 is 0.306. The fourth-order valence-electron chi connectivity index (χ4n) is 5.15. The summed E-state index contributed by atoms with van der Waals surface area (Å²) in [5.41, 5.74) is 0.322. The third kappa shape index (κ3) is 5.45. The maximum absolute atomic E-state index is 15.3. The summed E-state index contributed by atoms with van der Waals surface area (Å²) in [7, 11) is 1.40. The lowest BCUT2D eigenvalue weighted by molar-refractivity contribution is -0.167. The topological polar surface area (TPSA) is 109 Å². The molecule has 1 N–H and O–H groups in total. The van der Waals surface area contributed by atoms with Crippen LogP contribution in [0.1, 0.15) is 11.4 Å². The minimum Gasteiger partial charge on any atom is -0.497 e. The van der Waals surface area contributed by atoms with Crippen LogP contribution in [-0.4, -0.2) is 60.4 Å². The Kier molecular flexibility index (Phi) is 8.13. The molecule has 4 aromatic rings. The highest BCUT2D eigenvalue weighted by molar-refractivity contribution is 8.04. The first kappa shape index (κ1) is 30.0. The molecule has 0 unspecified atom stereocenters. The third-order valence-corrected chi connectivity index (χ3v) is 8.81. The average molecular weight is 634 g/mol. The zero-order chi connectivity index (χ0) is 31.6. The van der Waals surface area contributed by atoms with Crippen molar-refractivity contribution in [3.05, 3.63) is 101 Å². The van der Waals surface area contributed by atoms with Crippen LogP contribution in [0.4, 0.5) is 29.6 Å². The largest absolute Gasteiger partial charge is 0.497 e. The summed E-state index contributed by atoms with van der Waals surface area (Å²) in [4.78, 5) is 13.9. The van der Waals surface area contributed by atoms with E-state index in [1.165, 1.54) is 31.4 Å². The maximum atomic E-state index is 15.3. The van der Waals surface area contributed by atoms with Gasteiger partial charge in [0.2, 0.25) is 10.8 Å². The van der Waals surface area contributed by atoms with Gasteiger partial charge in [-0.2, -0.15) is 18.4 Å². The number of alkyl halides is 3. The number of carbonyl (C=O) groups excluding carboxylic acids is 1. The first-order chi connectivity index (χ1) is 21.8. The van der Waals surface area contributed by atoms with Gasteiger partial charge in [-0.3, -0.25) is 9.47 Å². The number of thioether (sulfide) groups is 1. The van der Waals surface area contributed by atoms with Crippen LogP contribution >= 0.6 is 11.8 Å². The first-order valence-corrected chi connectivity index (χ1v) is 14.6. The second-order valence-electron chi connectivity index (χ2n) is 10.00. The van der Waals surface area contributed by atoms with Gasteiger partial charge in [-0.1, -0.05) is 60.3 Å². The Labute approximate surface area is 260 Å². The lowest BCUT2D eigenvalue weighted by atomic mass is 10.1. The number of anilines is 2. The van der Waals surface area contributed by atoms with Gasteiger partial charge in [-0.25, -0.2) is 4.79 Å². The molecule has 2 aliphatic rings. The molecule has 0 saturated carbocycles. The van der Waals surface area contributed by atoms with Gasteiger partial charge in [0.1, 0.15) is 22.4 Å². The summed E-state index contributed by atoms with van der Waals surface area (Å²) in [6.07, 6.45) is -5.00. The minimum absolute atomic E-state index is 0.0193. The number of hydrogen-bond donors (Lipinski definition) is 1. The predicted molar refractivity (Wildman–Crippen MR) is 163 cm³/mol. The number of rotatable bonds is 6. The van der Waals surface area contributed by atoms with Crippen molar-refractivity contribution in [3.8, 4) is 17.5 Å². The predicted octanol–water partition coefficient (Wildman–Crippen LogP) is 5.68. The van der Waals surface area contributed by atoms with E-state index in [0.29, 0.717) is 55.5 Å². The van der Waals surface area contributed by atoms with Gasteiger partial charge in [0, 0.05) is 13.1 Å². The Morgan fingerprint density at radius 3 is 2.18 bits per heavy atom. The molecule has 1 atom stereocenters. The second-order valence-corrected chi connectivity index (χ2v) is 11.2. The number of methoxy groups -OCH3 is 1. The standard InChI is InChI=1S/C31H26F3N7O3S/c1-43-24-14-12-21(13-15-24)30(31(32,33)34)36-29(42)41(23-10-6-3-7-11-23)27(45-30)25(20-35)26-37-38-28(39-16-18-44-19-17-39)40(26)22-8-4-2-5-9-22/h2-15H,16-19H2,1H3,(H,36,42)/b27-25+/t30-/m0/s1. The Balaban J connectivity index is 1.62. The Bertz CT molecular complexity index is 1750. The molecule has 0 aliphatic carbocycles. The van der Waals surface area contributed by atoms with Crippen molar-refractivity contribution >= 4 is 35.0 Å². The fraction of sp³-hybridized carbons (Fsp3) is 0.226. The number of nitrogens with one attached hydrogen (secondary N) is 1. The van der Waals surface area contributed by atoms with Crippen molar-refractivity contribution in [2.75, 3.05) is 43.2 Å². The van der Waals surface area contributed by atoms with Crippen molar-refractivity contribution in [2.24, 2.45) is 0 Å². The number of carbonyl (C=O) groups is 1. The summed E-state index contributed by atoms with van der Waals surface area (Å²) in [6.45, 7) is 1.87. The zero-order valence-electron chi connectivity index (χ0n) is 23.9. The van der Waals surface area contributed by atoms with E-state index in [4.69, 9.17) is 9.47 Å². The molecule has 10 nitrogen and oxygen atoms in total. The van der Waals surface area contributed by atoms with E-state index in [0.717, 1.165) is 4.90 Å². The van der Waals surface area contributed by atoms with Crippen molar-refractivity contribution < 1.29 is 27.4 Å². The van der Waals surface area contributed by atoms with Gasteiger partial charge >= 0.3 is 12.2 Å². The van der Waals surface area contributed by atoms with Crippen LogP contribution in [0.3, 0.4) is 0 Å². The van der Waals surface area contributed by atoms with Crippen LogP contribution in [0, 0.1) is 11.3 Å². The van der Waals surface area contributed by atoms with Gasteiger partial charge in [-0.15, -0.1) is 10.2 Å². The van der Waals surface area contributed by atoms with E-state index in [1.807, 2.05) is 11.0 Å². The SMILES string of the molecule is COc1ccc([C@]2(C(F)(F)F)NC(=O)N(c3ccccc3)/C(=C(/C#N)c3nnc(N4CCOCC4)n3-c3ccccc3)S2)cc1. The van der Waals surface area contributed by atoms with E-state index in [-0.39, 0.29) is 27.7 Å². The van der Waals surface area contributed by atoms with Gasteiger partial charge in [0.05, 0.1) is 31.7 Å². The number of morpholine rings is 1. The smallest absolute Gasteiger partial charge is 0.425 e. The van der Waals surface area contributed by atoms with Crippen molar-refractivity contribution in [2.45, 2.75) is 11.0 Å². The van der Waals surface area contributed by atoms with Crippen LogP contribution in [0.15, 0.2) is 90.0 Å². The molecule has 2 fully saturated rings. The molecule has 45 heavy (non-hydrogen) atoms. The molecule has 6 rings (SSSR count). The molecule has 0 radical (unpaired) electrons. The van der Waals surface area contributed by atoms with Crippen molar-refractivity contribution in [3.63, 3.8) is 0 Å². The van der Waals surface area contributed by atoms with Crippen molar-refractivity contribution in [1.29, 1.82) is 5.26 Å². The number of para-hydroxylation sites is 2. The number of aromatic nitrogens is 3. The second kappa shape index (κ2) is 12.2. The molecule has 0 spiro atoms. The molecular formula is C31H26F3N7O3S. The molecule has 2 aliphatic heterocycles. The van der Waals surface area contributed by atoms with E-state index in [9.17, 15) is 10.1 Å². The molecule has 2 amide bonds. The Morgan fingerprint density at radius 1 is 0.978 bits per heavy atom. The first-order valence-electron chi connectivity index (χ1n) is 13.8. The van der Waals surface area contributed by atoms with Crippen LogP contribution in [0.5, 0.6) is 5.75 Å².